The fraction of sp³-hybridized carbons (Fsp3) is 0.611. The van der Waals surface area contributed by atoms with Crippen LogP contribution in [-0.2, 0) is 44.8 Å². The Labute approximate surface area is 330 Å². The third-order valence-electron chi connectivity index (χ3n) is 8.67. The number of phenols is 1. The van der Waals surface area contributed by atoms with Crippen LogP contribution in [0, 0.1) is 5.92 Å². The molecule has 0 unspecified atom stereocenters. The molecule has 0 fully saturated rings. The van der Waals surface area contributed by atoms with Crippen LogP contribution in [0.2, 0.25) is 0 Å². The number of hydrogen-bond donors (Lipinski definition) is 13. The maximum atomic E-state index is 13.8. The molecule has 0 radical (unpaired) electrons. The number of amides is 6. The van der Waals surface area contributed by atoms with Crippen LogP contribution >= 0.6 is 0 Å². The largest absolute Gasteiger partial charge is 0.508 e. The molecule has 320 valence electrons. The number of aliphatic carboxylic acids is 2. The minimum Gasteiger partial charge on any atom is -0.508 e. The van der Waals surface area contributed by atoms with Crippen LogP contribution in [0.15, 0.2) is 24.3 Å². The lowest BCUT2D eigenvalue weighted by Gasteiger charge is -2.28. The molecule has 0 spiro atoms. The van der Waals surface area contributed by atoms with E-state index in [2.05, 4.69) is 31.9 Å². The predicted molar refractivity (Wildman–Crippen MR) is 205 cm³/mol. The van der Waals surface area contributed by atoms with Gasteiger partial charge < -0.3 is 69.5 Å². The third kappa shape index (κ3) is 18.9. The second-order valence-corrected chi connectivity index (χ2v) is 13.9. The van der Waals surface area contributed by atoms with Gasteiger partial charge in [-0.05, 0) is 82.0 Å². The first-order valence-electron chi connectivity index (χ1n) is 18.7. The predicted octanol–water partition coefficient (Wildman–Crippen LogP) is -3.34. The SMILES string of the molecule is CC(C)[C@H](NC(=O)[C@H](CC(=O)O)NC(=O)[C@@H](NC(=O)[C@H](CCCCNC(=O)CN)NC(=O)[C@H](CCCCN)NC(=O)[C@@H](N)Cc1ccc(O)cc1)[C@H](C)O)C(=O)O. The topological polar surface area (TPSA) is 368 Å². The quantitative estimate of drug-likeness (QED) is 0.0386. The Hall–Kier alpha value is -5.38. The summed E-state index contributed by atoms with van der Waals surface area (Å²) in [7, 11) is 0. The van der Waals surface area contributed by atoms with E-state index in [1.165, 1.54) is 26.0 Å². The number of carboxylic acid groups (broad SMARTS) is 2. The number of carbonyl (C=O) groups is 8. The van der Waals surface area contributed by atoms with Crippen molar-refractivity contribution >= 4 is 47.4 Å². The van der Waals surface area contributed by atoms with E-state index in [1.807, 2.05) is 0 Å². The molecule has 0 aliphatic heterocycles. The smallest absolute Gasteiger partial charge is 0.326 e. The number of benzene rings is 1. The molecule has 16 N–H and O–H groups in total. The van der Waals surface area contributed by atoms with E-state index < -0.39 is 102 Å². The van der Waals surface area contributed by atoms with Gasteiger partial charge in [0.1, 0.15) is 36.0 Å². The van der Waals surface area contributed by atoms with Crippen LogP contribution in [-0.4, -0.2) is 130 Å². The lowest BCUT2D eigenvalue weighted by atomic mass is 10.0. The number of aromatic hydroxyl groups is 1. The molecule has 7 atom stereocenters. The zero-order chi connectivity index (χ0) is 43.2. The Bertz CT molecular complexity index is 1510. The molecule has 0 saturated carbocycles. The summed E-state index contributed by atoms with van der Waals surface area (Å²) in [4.78, 5) is 102. The van der Waals surface area contributed by atoms with Crippen molar-refractivity contribution in [2.45, 2.75) is 114 Å². The third-order valence-corrected chi connectivity index (χ3v) is 8.67. The number of nitrogens with two attached hydrogens (primary N) is 3. The van der Waals surface area contributed by atoms with Gasteiger partial charge in [0.15, 0.2) is 0 Å². The first-order valence-corrected chi connectivity index (χ1v) is 18.7. The summed E-state index contributed by atoms with van der Waals surface area (Å²) in [6, 6.07) is -2.69. The van der Waals surface area contributed by atoms with Gasteiger partial charge >= 0.3 is 11.9 Å². The summed E-state index contributed by atoms with van der Waals surface area (Å²) in [5.41, 5.74) is 17.7. The highest BCUT2D eigenvalue weighted by molar-refractivity contribution is 5.97. The molecular formula is C36H59N9O12. The van der Waals surface area contributed by atoms with Crippen molar-refractivity contribution in [3.8, 4) is 5.75 Å². The molecule has 0 aliphatic carbocycles. The van der Waals surface area contributed by atoms with Crippen LogP contribution in [0.25, 0.3) is 0 Å². The highest BCUT2D eigenvalue weighted by atomic mass is 16.4. The van der Waals surface area contributed by atoms with Crippen molar-refractivity contribution in [1.29, 1.82) is 0 Å². The van der Waals surface area contributed by atoms with Gasteiger partial charge in [-0.2, -0.15) is 0 Å². The van der Waals surface area contributed by atoms with E-state index in [-0.39, 0.29) is 44.5 Å². The monoisotopic (exact) mass is 809 g/mol. The number of nitrogens with one attached hydrogen (secondary N) is 6. The number of unbranched alkanes of at least 4 members (excludes halogenated alkanes) is 2. The molecule has 0 bridgehead atoms. The van der Waals surface area contributed by atoms with E-state index in [4.69, 9.17) is 17.2 Å². The number of carbonyl (C=O) groups excluding carboxylic acids is 6. The van der Waals surface area contributed by atoms with Crippen molar-refractivity contribution < 1.29 is 58.8 Å². The van der Waals surface area contributed by atoms with Crippen molar-refractivity contribution in [3.63, 3.8) is 0 Å². The standard InChI is InChI=1S/C36H59N9O12/c1-19(2)29(36(56)57)44-34(54)26(17-28(49)50)43-35(55)30(20(3)46)45-33(53)25(9-5-7-15-40-27(48)18-38)42-32(52)24(8-4-6-14-37)41-31(51)23(39)16-21-10-12-22(47)13-11-21/h10-13,19-20,23-26,29-30,46-47H,4-9,14-18,37-39H2,1-3H3,(H,40,48)(H,41,51)(H,42,52)(H,43,55)(H,44,54)(H,45,53)(H,49,50)(H,56,57)/t20-,23-,24-,25-,26-,29-,30-/m0/s1. The first-order chi connectivity index (χ1) is 26.8. The lowest BCUT2D eigenvalue weighted by molar-refractivity contribution is -0.144. The Kier molecular flexibility index (Phi) is 22.4. The van der Waals surface area contributed by atoms with E-state index in [9.17, 15) is 58.8 Å². The number of rotatable bonds is 27. The lowest BCUT2D eigenvalue weighted by Crippen LogP contribution is -2.61. The molecule has 0 aromatic heterocycles. The summed E-state index contributed by atoms with van der Waals surface area (Å²) >= 11 is 0. The Morgan fingerprint density at radius 1 is 0.667 bits per heavy atom. The van der Waals surface area contributed by atoms with Gasteiger partial charge in [0, 0.05) is 6.54 Å². The van der Waals surface area contributed by atoms with E-state index >= 15 is 0 Å². The van der Waals surface area contributed by atoms with Gasteiger partial charge in [-0.3, -0.25) is 33.6 Å². The van der Waals surface area contributed by atoms with Crippen molar-refractivity contribution in [2.24, 2.45) is 23.1 Å². The molecule has 21 nitrogen and oxygen atoms in total. The van der Waals surface area contributed by atoms with Crippen molar-refractivity contribution in [3.05, 3.63) is 29.8 Å². The number of carboxylic acids is 2. The molecular weight excluding hydrogens is 750 g/mol. The molecule has 1 rings (SSSR count). The van der Waals surface area contributed by atoms with Crippen LogP contribution < -0.4 is 49.1 Å². The number of hydrogen-bond acceptors (Lipinski definition) is 13. The molecule has 57 heavy (non-hydrogen) atoms. The molecule has 0 heterocycles. The first kappa shape index (κ1) is 49.6. The van der Waals surface area contributed by atoms with E-state index in [1.54, 1.807) is 12.1 Å². The maximum Gasteiger partial charge on any atom is 0.326 e. The molecule has 1 aromatic rings. The summed E-state index contributed by atoms with van der Waals surface area (Å²) in [6.07, 6.45) is -1.03. The minimum atomic E-state index is -1.81. The fourth-order valence-electron chi connectivity index (χ4n) is 5.41. The van der Waals surface area contributed by atoms with Crippen LogP contribution in [0.3, 0.4) is 0 Å². The Morgan fingerprint density at radius 3 is 1.68 bits per heavy atom. The fourth-order valence-corrected chi connectivity index (χ4v) is 5.41. The average Bonchev–Trinajstić information content (AvgIpc) is 3.14. The van der Waals surface area contributed by atoms with E-state index in [0.717, 1.165) is 6.92 Å². The van der Waals surface area contributed by atoms with Gasteiger partial charge in [-0.25, -0.2) is 4.79 Å². The second-order valence-electron chi connectivity index (χ2n) is 13.9. The van der Waals surface area contributed by atoms with Crippen LogP contribution in [0.5, 0.6) is 5.75 Å². The molecule has 21 heteroatoms. The minimum absolute atomic E-state index is 0.0234. The zero-order valence-electron chi connectivity index (χ0n) is 32.5. The maximum absolute atomic E-state index is 13.8. The van der Waals surface area contributed by atoms with Crippen LogP contribution in [0.1, 0.15) is 71.3 Å². The van der Waals surface area contributed by atoms with Gasteiger partial charge in [0.05, 0.1) is 25.1 Å². The molecule has 6 amide bonds. The van der Waals surface area contributed by atoms with E-state index in [0.29, 0.717) is 31.4 Å². The van der Waals surface area contributed by atoms with Gasteiger partial charge in [0.2, 0.25) is 35.4 Å². The highest BCUT2D eigenvalue weighted by Gasteiger charge is 2.35. The molecule has 0 saturated heterocycles. The van der Waals surface area contributed by atoms with Crippen molar-refractivity contribution in [2.75, 3.05) is 19.6 Å². The Morgan fingerprint density at radius 2 is 1.18 bits per heavy atom. The number of aliphatic hydroxyl groups is 1. The summed E-state index contributed by atoms with van der Waals surface area (Å²) in [6.45, 7) is 4.36. The normalized spacial score (nSPS) is 14.7. The van der Waals surface area contributed by atoms with Gasteiger partial charge in [0.25, 0.3) is 0 Å². The molecule has 0 aliphatic rings. The Balaban J connectivity index is 3.30. The number of phenolic OH excluding ortho intramolecular Hbond substituents is 1. The van der Waals surface area contributed by atoms with Gasteiger partial charge in [-0.15, -0.1) is 0 Å². The van der Waals surface area contributed by atoms with Crippen molar-refractivity contribution in [1.82, 2.24) is 31.9 Å². The second kappa shape index (κ2) is 25.7. The zero-order valence-corrected chi connectivity index (χ0v) is 32.5. The average molecular weight is 810 g/mol. The summed E-state index contributed by atoms with van der Waals surface area (Å²) in [5, 5.41) is 53.4. The van der Waals surface area contributed by atoms with Gasteiger partial charge in [-0.1, -0.05) is 26.0 Å². The summed E-state index contributed by atoms with van der Waals surface area (Å²) in [5.74, 6) is -8.71. The van der Waals surface area contributed by atoms with Crippen LogP contribution in [0.4, 0.5) is 0 Å². The summed E-state index contributed by atoms with van der Waals surface area (Å²) < 4.78 is 0. The number of aliphatic hydroxyl groups excluding tert-OH is 1. The highest BCUT2D eigenvalue weighted by Crippen LogP contribution is 2.12. The molecule has 1 aromatic carbocycles.